The van der Waals surface area contributed by atoms with E-state index in [0.717, 1.165) is 0 Å². The zero-order valence-corrected chi connectivity index (χ0v) is 33.0. The molecule has 0 atom stereocenters. The summed E-state index contributed by atoms with van der Waals surface area (Å²) in [6.45, 7) is 11.6. The Kier molecular flexibility index (Phi) is 10.3. The third-order valence-electron chi connectivity index (χ3n) is 6.75. The number of aromatic amines is 6. The fourth-order valence-electron chi connectivity index (χ4n) is 4.62. The molecule has 0 spiro atoms. The highest BCUT2D eigenvalue weighted by atomic mass is 16.5. The van der Waals surface area contributed by atoms with Crippen LogP contribution in [-0.2, 0) is 0 Å². The number of methoxy groups -OCH3 is 1. The molecule has 0 aliphatic heterocycles. The van der Waals surface area contributed by atoms with Crippen LogP contribution in [-0.4, -0.2) is 152 Å². The molecule has 0 aliphatic carbocycles. The fraction of sp³-hybridized carbons (Fsp3) is 0.379. The molecule has 7 heterocycles. The Bertz CT molecular complexity index is 2970. The van der Waals surface area contributed by atoms with Gasteiger partial charge in [0.15, 0.2) is 0 Å². The van der Waals surface area contributed by atoms with E-state index in [1.165, 1.54) is 7.11 Å². The number of nitrogens with two attached hydrogens (primary N) is 1. The maximum Gasteiger partial charge on any atom is 0.322 e. The van der Waals surface area contributed by atoms with Crippen molar-refractivity contribution in [3.8, 4) is 6.01 Å². The summed E-state index contributed by atoms with van der Waals surface area (Å²) in [4.78, 5) is 97.3. The molecule has 306 valence electrons. The lowest BCUT2D eigenvalue weighted by atomic mass is 10.1. The molecule has 59 heavy (non-hydrogen) atoms. The number of nitrogens with zero attached hydrogens (tertiary/aromatic N) is 18. The Labute approximate surface area is 330 Å². The van der Waals surface area contributed by atoms with E-state index in [1.807, 2.05) is 41.5 Å². The van der Waals surface area contributed by atoms with Crippen LogP contribution in [0.15, 0.2) is 0 Å². The van der Waals surface area contributed by atoms with E-state index in [9.17, 15) is 0 Å². The van der Waals surface area contributed by atoms with E-state index in [2.05, 4.69) is 141 Å². The lowest BCUT2D eigenvalue weighted by Gasteiger charge is -2.19. The van der Waals surface area contributed by atoms with Gasteiger partial charge in [-0.1, -0.05) is 0 Å². The van der Waals surface area contributed by atoms with Crippen LogP contribution in [0.5, 0.6) is 6.01 Å². The van der Waals surface area contributed by atoms with Gasteiger partial charge in [-0.05, 0) is 41.5 Å². The van der Waals surface area contributed by atoms with E-state index < -0.39 is 11.1 Å². The molecule has 30 nitrogen and oxygen atoms in total. The normalized spacial score (nSPS) is 11.5. The average molecular weight is 810 g/mol. The van der Waals surface area contributed by atoms with Crippen molar-refractivity contribution in [2.75, 3.05) is 48.2 Å². The molecule has 0 unspecified atom stereocenters. The number of nitrogen functional groups attached to an aromatic ring is 1. The zero-order chi connectivity index (χ0) is 41.9. The number of H-pyrrole nitrogens is 6. The number of ether oxygens (including phenoxy) is 1. The third kappa shape index (κ3) is 10.5. The highest BCUT2D eigenvalue weighted by molar-refractivity contribution is 5.54. The van der Waals surface area contributed by atoms with Crippen molar-refractivity contribution in [3.63, 3.8) is 0 Å². The summed E-state index contributed by atoms with van der Waals surface area (Å²) in [5, 5.41) is 12.3. The van der Waals surface area contributed by atoms with Crippen LogP contribution in [0, 0.1) is 0 Å². The van der Waals surface area contributed by atoms with Gasteiger partial charge >= 0.3 is 6.01 Å². The van der Waals surface area contributed by atoms with Crippen molar-refractivity contribution in [3.05, 3.63) is 0 Å². The molecule has 30 heteroatoms. The summed E-state index contributed by atoms with van der Waals surface area (Å²) in [6, 6.07) is -0.0775. The minimum atomic E-state index is -0.451. The number of rotatable bonds is 5. The SMILES string of the molecule is CNc1nc2nc(n1)[nH]c1nc(NC(C)(C)C)nc(n1)[nH]c1nc(N)nc(n1)[nH]c1nc(OC)nc(n1)[nH]c1nc(NC(C)(C)C)nc(n1)[nH]c1nc(NC)nc(n1)[nH]2. The summed E-state index contributed by atoms with van der Waals surface area (Å²) >= 11 is 0. The molecule has 12 bridgehead atoms. The second kappa shape index (κ2) is 15.7. The van der Waals surface area contributed by atoms with Gasteiger partial charge in [-0.25, -0.2) is 0 Å². The van der Waals surface area contributed by atoms with Crippen LogP contribution in [0.1, 0.15) is 41.5 Å². The quantitative estimate of drug-likeness (QED) is 0.115. The van der Waals surface area contributed by atoms with Gasteiger partial charge < -0.3 is 31.7 Å². The lowest BCUT2D eigenvalue weighted by molar-refractivity contribution is 0.381. The van der Waals surface area contributed by atoms with Gasteiger partial charge in [-0.3, -0.25) is 29.9 Å². The Morgan fingerprint density at radius 3 is 0.847 bits per heavy atom. The molecular formula is C29H39N29O. The van der Waals surface area contributed by atoms with Crippen LogP contribution >= 0.6 is 0 Å². The molecular weight excluding hydrogens is 771 g/mol. The number of anilines is 5. The second-order valence-electron chi connectivity index (χ2n) is 14.0. The Hall–Kier alpha value is -8.34. The van der Waals surface area contributed by atoms with E-state index in [4.69, 9.17) is 10.5 Å². The van der Waals surface area contributed by atoms with Gasteiger partial charge in [-0.15, -0.1) is 0 Å². The maximum absolute atomic E-state index is 6.10. The molecule has 7 aromatic rings. The van der Waals surface area contributed by atoms with E-state index in [1.54, 1.807) is 14.1 Å². The highest BCUT2D eigenvalue weighted by Crippen LogP contribution is 2.13. The molecule has 7 aromatic heterocycles. The molecule has 12 N–H and O–H groups in total. The highest BCUT2D eigenvalue weighted by Gasteiger charge is 2.14. The topological polar surface area (TPSA) is 410 Å². The molecule has 0 amide bonds. The third-order valence-corrected chi connectivity index (χ3v) is 6.75. The number of nitrogens with one attached hydrogen (secondary N) is 10. The van der Waals surface area contributed by atoms with Crippen molar-refractivity contribution in [2.45, 2.75) is 52.6 Å². The maximum atomic E-state index is 6.10. The molecule has 7 rings (SSSR count). The molecule has 0 aliphatic rings. The summed E-state index contributed by atoms with van der Waals surface area (Å²) in [7, 11) is 4.67. The fourth-order valence-corrected chi connectivity index (χ4v) is 4.62. The van der Waals surface area contributed by atoms with Gasteiger partial charge in [0, 0.05) is 25.2 Å². The number of hydrogen-bond acceptors (Lipinski definition) is 24. The van der Waals surface area contributed by atoms with Crippen molar-refractivity contribution in [1.29, 1.82) is 0 Å². The first-order chi connectivity index (χ1) is 28.0. The van der Waals surface area contributed by atoms with Crippen molar-refractivity contribution < 1.29 is 4.74 Å². The van der Waals surface area contributed by atoms with Crippen molar-refractivity contribution in [2.24, 2.45) is 0 Å². The number of fused-ring (bicyclic) bond motifs is 12. The summed E-state index contributed by atoms with van der Waals surface area (Å²) in [5.41, 5.74) is 5.20. The smallest absolute Gasteiger partial charge is 0.322 e. The predicted octanol–water partition coefficient (Wildman–Crippen LogP) is 0.839. The van der Waals surface area contributed by atoms with Crippen LogP contribution in [0.2, 0.25) is 0 Å². The number of aromatic nitrogens is 24. The monoisotopic (exact) mass is 809 g/mol. The van der Waals surface area contributed by atoms with Crippen LogP contribution < -0.4 is 31.7 Å². The molecule has 0 radical (unpaired) electrons. The average Bonchev–Trinajstić information content (AvgIpc) is 3.12. The van der Waals surface area contributed by atoms with Gasteiger partial charge in [0.1, 0.15) is 0 Å². The Balaban J connectivity index is 1.62. The van der Waals surface area contributed by atoms with E-state index in [-0.39, 0.29) is 105 Å². The lowest BCUT2D eigenvalue weighted by Crippen LogP contribution is -2.27. The van der Waals surface area contributed by atoms with E-state index >= 15 is 0 Å². The minimum absolute atomic E-state index is 0.0108. The molecule has 0 saturated heterocycles. The van der Waals surface area contributed by atoms with Crippen molar-refractivity contribution >= 4 is 99.1 Å². The molecule has 0 fully saturated rings. The van der Waals surface area contributed by atoms with Gasteiger partial charge in [0.2, 0.25) is 99.1 Å². The first-order valence-electron chi connectivity index (χ1n) is 17.5. The van der Waals surface area contributed by atoms with Crippen LogP contribution in [0.25, 0.3) is 69.3 Å². The predicted molar refractivity (Wildman–Crippen MR) is 214 cm³/mol. The molecule has 0 aromatic carbocycles. The summed E-state index contributed by atoms with van der Waals surface area (Å²) < 4.78 is 5.35. The van der Waals surface area contributed by atoms with Gasteiger partial charge in [-0.2, -0.15) is 89.7 Å². The van der Waals surface area contributed by atoms with Crippen LogP contribution in [0.3, 0.4) is 0 Å². The summed E-state index contributed by atoms with van der Waals surface area (Å²) in [6.07, 6.45) is 0. The van der Waals surface area contributed by atoms with Crippen molar-refractivity contribution in [1.82, 2.24) is 120 Å². The second-order valence-corrected chi connectivity index (χ2v) is 14.0. The van der Waals surface area contributed by atoms with Gasteiger partial charge in [0.25, 0.3) is 0 Å². The van der Waals surface area contributed by atoms with Gasteiger partial charge in [0.05, 0.1) is 7.11 Å². The number of hydrogen-bond donors (Lipinski definition) is 11. The first kappa shape index (κ1) is 38.9. The Morgan fingerprint density at radius 1 is 0.373 bits per heavy atom. The first-order valence-corrected chi connectivity index (χ1v) is 17.5. The standard InChI is InChI=1S/C29H39N29O/c1-28(2,3)57-25-51-19-40-13-33-10(30)34-14(39-13)41-23-50-24(56-27(55-23)59-9)49-22-48-21(53-26(54-22)58-29(4,5)6)46-18-38-12(32-8)36-16(44-18)42-15-35-11(31-7)37-17(43-15)45-20(47-19)52-25/h1-9H3,(H12,30,31,32,33,34,35,36,37,38,39,40,41,42,43,44,45,46,47,48,49,50,51,52,53,54,55,56,57,58). The Morgan fingerprint density at radius 2 is 0.610 bits per heavy atom. The largest absolute Gasteiger partial charge is 0.467 e. The minimum Gasteiger partial charge on any atom is -0.467 e. The summed E-state index contributed by atoms with van der Waals surface area (Å²) in [5.74, 6) is 0.641. The molecule has 0 saturated carbocycles. The van der Waals surface area contributed by atoms with Crippen LogP contribution in [0.4, 0.5) is 29.7 Å². The zero-order valence-electron chi connectivity index (χ0n) is 33.0. The van der Waals surface area contributed by atoms with E-state index in [0.29, 0.717) is 0 Å².